The molecule has 1 heterocycles. The quantitative estimate of drug-likeness (QED) is 0.567. The molecule has 30 heavy (non-hydrogen) atoms. The number of ether oxygens (including phenoxy) is 2. The first kappa shape index (κ1) is 21.0. The third-order valence-electron chi connectivity index (χ3n) is 4.28. The minimum atomic E-state index is -3.39. The summed E-state index contributed by atoms with van der Waals surface area (Å²) in [6.45, 7) is 0. The van der Waals surface area contributed by atoms with Crippen molar-refractivity contribution in [3.63, 3.8) is 0 Å². The van der Waals surface area contributed by atoms with E-state index in [9.17, 15) is 22.8 Å². The van der Waals surface area contributed by atoms with Gasteiger partial charge in [0.25, 0.3) is 12.3 Å². The highest BCUT2D eigenvalue weighted by molar-refractivity contribution is 6.00. The molecule has 1 aromatic heterocycles. The molecule has 2 aromatic carbocycles. The second-order valence-electron chi connectivity index (χ2n) is 6.06. The van der Waals surface area contributed by atoms with Crippen LogP contribution in [0.25, 0.3) is 16.7 Å². The van der Waals surface area contributed by atoms with Crippen molar-refractivity contribution < 1.29 is 37.3 Å². The zero-order valence-electron chi connectivity index (χ0n) is 15.7. The van der Waals surface area contributed by atoms with E-state index in [1.807, 2.05) is 0 Å². The number of fused-ring (bicyclic) bond motifs is 1. The molecule has 0 aliphatic carbocycles. The van der Waals surface area contributed by atoms with E-state index < -0.39 is 24.6 Å². The normalized spacial score (nSPS) is 12.1. The summed E-state index contributed by atoms with van der Waals surface area (Å²) in [6.07, 6.45) is -4.82. The van der Waals surface area contributed by atoms with Crippen molar-refractivity contribution in [3.8, 4) is 17.2 Å². The molecule has 1 atom stereocenters. The minimum Gasteiger partial charge on any atom is -0.496 e. The maximum Gasteiger partial charge on any atom is 0.335 e. The van der Waals surface area contributed by atoms with Crippen LogP contribution in [0.5, 0.6) is 11.5 Å². The van der Waals surface area contributed by atoms with Crippen LogP contribution >= 0.6 is 0 Å². The summed E-state index contributed by atoms with van der Waals surface area (Å²) in [7, 11) is 2.50. The fraction of sp³-hybridized carbons (Fsp3) is 0.211. The van der Waals surface area contributed by atoms with Gasteiger partial charge in [-0.15, -0.1) is 0 Å². The van der Waals surface area contributed by atoms with Crippen molar-refractivity contribution in [2.24, 2.45) is 0 Å². The fourth-order valence-electron chi connectivity index (χ4n) is 2.87. The van der Waals surface area contributed by atoms with Gasteiger partial charge in [0.1, 0.15) is 23.4 Å². The molecule has 3 rings (SSSR count). The van der Waals surface area contributed by atoms with Gasteiger partial charge in [0.05, 0.1) is 36.5 Å². The first-order valence-corrected chi connectivity index (χ1v) is 8.46. The van der Waals surface area contributed by atoms with Crippen LogP contribution in [-0.2, 0) is 0 Å². The molecule has 0 bridgehead atoms. The lowest BCUT2D eigenvalue weighted by atomic mass is 10.1. The van der Waals surface area contributed by atoms with E-state index in [2.05, 4.69) is 4.98 Å². The van der Waals surface area contributed by atoms with Crippen LogP contribution in [0.2, 0.25) is 0 Å². The molecule has 0 fully saturated rings. The van der Waals surface area contributed by atoms with Gasteiger partial charge in [0, 0.05) is 12.1 Å². The van der Waals surface area contributed by atoms with E-state index in [0.29, 0.717) is 16.7 Å². The van der Waals surface area contributed by atoms with E-state index in [1.165, 1.54) is 44.8 Å². The molecule has 1 unspecified atom stereocenters. The molecular formula is C19H16F3N3O5. The molecule has 0 aliphatic rings. The Morgan fingerprint density at radius 1 is 1.10 bits per heavy atom. The number of hydrogen-bond donors (Lipinski definition) is 2. The van der Waals surface area contributed by atoms with Crippen LogP contribution in [0, 0.1) is 0 Å². The fourth-order valence-corrected chi connectivity index (χ4v) is 2.87. The number of aromatic carboxylic acids is 1. The summed E-state index contributed by atoms with van der Waals surface area (Å²) in [5.74, 6) is -2.33. The molecule has 3 aromatic rings. The molecule has 158 valence electrons. The zero-order chi connectivity index (χ0) is 22.0. The molecule has 1 amide bonds. The van der Waals surface area contributed by atoms with E-state index in [4.69, 9.17) is 14.6 Å². The SMILES string of the molecule is COc1cc(-n2cnc3cc(C(=O)O)ccc32)cc(OC)c1C(=O)NC(F)C(F)F. The van der Waals surface area contributed by atoms with Crippen molar-refractivity contribution in [3.05, 3.63) is 47.8 Å². The molecule has 0 saturated heterocycles. The number of imidazole rings is 1. The standard InChI is InChI=1S/C19H16F3N3O5/c1-29-13-6-10(7-14(30-2)15(13)18(26)24-17(22)16(20)21)25-8-23-11-5-9(19(27)28)3-4-12(11)25/h3-8,16-17H,1-2H3,(H,24,26)(H,27,28). The maximum atomic E-state index is 13.3. The number of nitrogens with zero attached hydrogens (tertiary/aromatic N) is 2. The Morgan fingerprint density at radius 2 is 1.73 bits per heavy atom. The van der Waals surface area contributed by atoms with Crippen LogP contribution < -0.4 is 14.8 Å². The van der Waals surface area contributed by atoms with Crippen LogP contribution in [-0.4, -0.2) is 53.5 Å². The molecular weight excluding hydrogens is 407 g/mol. The Balaban J connectivity index is 2.09. The van der Waals surface area contributed by atoms with Crippen molar-refractivity contribution in [2.45, 2.75) is 12.7 Å². The van der Waals surface area contributed by atoms with Gasteiger partial charge >= 0.3 is 5.97 Å². The van der Waals surface area contributed by atoms with Crippen molar-refractivity contribution in [1.29, 1.82) is 0 Å². The zero-order valence-corrected chi connectivity index (χ0v) is 15.7. The van der Waals surface area contributed by atoms with Crippen molar-refractivity contribution >= 4 is 22.9 Å². The van der Waals surface area contributed by atoms with Crippen LogP contribution in [0.4, 0.5) is 13.2 Å². The molecule has 2 N–H and O–H groups in total. The number of carbonyl (C=O) groups excluding carboxylic acids is 1. The lowest BCUT2D eigenvalue weighted by Crippen LogP contribution is -2.36. The summed E-state index contributed by atoms with van der Waals surface area (Å²) >= 11 is 0. The number of benzene rings is 2. The Bertz CT molecular complexity index is 1090. The lowest BCUT2D eigenvalue weighted by molar-refractivity contribution is 0.0285. The Morgan fingerprint density at radius 3 is 2.27 bits per heavy atom. The highest BCUT2D eigenvalue weighted by Crippen LogP contribution is 2.33. The van der Waals surface area contributed by atoms with Crippen LogP contribution in [0.15, 0.2) is 36.7 Å². The number of hydrogen-bond acceptors (Lipinski definition) is 5. The van der Waals surface area contributed by atoms with Crippen LogP contribution in [0.1, 0.15) is 20.7 Å². The predicted octanol–water partition coefficient (Wildman–Crippen LogP) is 3.03. The van der Waals surface area contributed by atoms with Gasteiger partial charge in [-0.1, -0.05) is 0 Å². The first-order valence-electron chi connectivity index (χ1n) is 8.46. The molecule has 0 saturated carbocycles. The van der Waals surface area contributed by atoms with Gasteiger partial charge in [-0.25, -0.2) is 22.9 Å². The third-order valence-corrected chi connectivity index (χ3v) is 4.28. The molecule has 8 nitrogen and oxygen atoms in total. The Kier molecular flexibility index (Phi) is 5.81. The average Bonchev–Trinajstić information content (AvgIpc) is 3.15. The minimum absolute atomic E-state index is 0.0488. The summed E-state index contributed by atoms with van der Waals surface area (Å²) in [4.78, 5) is 27.6. The molecule has 0 spiro atoms. The second-order valence-corrected chi connectivity index (χ2v) is 6.06. The Labute approximate surface area is 167 Å². The van der Waals surface area contributed by atoms with E-state index >= 15 is 0 Å². The second kappa shape index (κ2) is 8.31. The van der Waals surface area contributed by atoms with Gasteiger partial charge in [-0.2, -0.15) is 0 Å². The van der Waals surface area contributed by atoms with E-state index in [-0.39, 0.29) is 22.6 Å². The van der Waals surface area contributed by atoms with Crippen molar-refractivity contribution in [2.75, 3.05) is 14.2 Å². The third kappa shape index (κ3) is 3.86. The van der Waals surface area contributed by atoms with E-state index in [1.54, 1.807) is 16.0 Å². The largest absolute Gasteiger partial charge is 0.496 e. The lowest BCUT2D eigenvalue weighted by Gasteiger charge is -2.17. The number of rotatable bonds is 7. The molecule has 11 heteroatoms. The summed E-state index contributed by atoms with van der Waals surface area (Å²) in [5.41, 5.74) is 1.20. The van der Waals surface area contributed by atoms with Gasteiger partial charge in [0.2, 0.25) is 6.30 Å². The smallest absolute Gasteiger partial charge is 0.335 e. The number of carboxylic acid groups (broad SMARTS) is 1. The summed E-state index contributed by atoms with van der Waals surface area (Å²) < 4.78 is 50.1. The number of nitrogens with one attached hydrogen (secondary N) is 1. The average molecular weight is 423 g/mol. The summed E-state index contributed by atoms with van der Waals surface area (Å²) in [5, 5.41) is 10.7. The van der Waals surface area contributed by atoms with Crippen molar-refractivity contribution in [1.82, 2.24) is 14.9 Å². The van der Waals surface area contributed by atoms with Gasteiger partial charge in [-0.05, 0) is 18.2 Å². The van der Waals surface area contributed by atoms with Gasteiger partial charge < -0.3 is 19.9 Å². The number of amides is 1. The van der Waals surface area contributed by atoms with Crippen LogP contribution in [0.3, 0.4) is 0 Å². The highest BCUT2D eigenvalue weighted by Gasteiger charge is 2.27. The Hall–Kier alpha value is -3.76. The number of carboxylic acids is 1. The highest BCUT2D eigenvalue weighted by atomic mass is 19.3. The monoisotopic (exact) mass is 423 g/mol. The molecule has 0 aliphatic heterocycles. The number of carbonyl (C=O) groups is 2. The summed E-state index contributed by atoms with van der Waals surface area (Å²) in [6, 6.07) is 7.20. The maximum absolute atomic E-state index is 13.3. The van der Waals surface area contributed by atoms with Gasteiger partial charge in [0.15, 0.2) is 0 Å². The van der Waals surface area contributed by atoms with Gasteiger partial charge in [-0.3, -0.25) is 9.36 Å². The molecule has 0 radical (unpaired) electrons. The number of halogens is 3. The topological polar surface area (TPSA) is 103 Å². The number of aromatic nitrogens is 2. The number of methoxy groups -OCH3 is 2. The number of alkyl halides is 3. The first-order chi connectivity index (χ1) is 14.3. The van der Waals surface area contributed by atoms with E-state index in [0.717, 1.165) is 0 Å². The predicted molar refractivity (Wildman–Crippen MR) is 99.5 cm³/mol.